The van der Waals surface area contributed by atoms with E-state index in [9.17, 15) is 9.13 Å². The number of nitrogens with zero attached hydrogens (tertiary/aromatic N) is 1. The molecule has 11 heavy (non-hydrogen) atoms. The zero-order chi connectivity index (χ0) is 9.44. The molecule has 0 bridgehead atoms. The predicted octanol–water partition coefficient (Wildman–Crippen LogP) is 0.480. The first-order chi connectivity index (χ1) is 4.86. The topological polar surface area (TPSA) is 87.1 Å². The van der Waals surface area contributed by atoms with E-state index in [0.29, 0.717) is 0 Å². The van der Waals surface area contributed by atoms with Gasteiger partial charge in [0.25, 0.3) is 0 Å². The van der Waals surface area contributed by atoms with Gasteiger partial charge in [0.1, 0.15) is 0 Å². The van der Waals surface area contributed by atoms with Crippen LogP contribution in [0.1, 0.15) is 0 Å². The highest BCUT2D eigenvalue weighted by atomic mass is 31.2. The van der Waals surface area contributed by atoms with E-state index in [4.69, 9.17) is 9.79 Å². The Morgan fingerprint density at radius 2 is 1.27 bits per heavy atom. The van der Waals surface area contributed by atoms with Gasteiger partial charge in [-0.1, -0.05) is 0 Å². The second-order valence-corrected chi connectivity index (χ2v) is 3.50. The summed E-state index contributed by atoms with van der Waals surface area (Å²) in [5.74, 6) is 0. The van der Waals surface area contributed by atoms with E-state index in [2.05, 4.69) is 4.31 Å². The highest BCUT2D eigenvalue weighted by Gasteiger charge is 2.31. The molecule has 0 saturated heterocycles. The molecular formula is C3H11NO5P2+2. The van der Waals surface area contributed by atoms with Crippen LogP contribution >= 0.6 is 16.5 Å². The van der Waals surface area contributed by atoms with Crippen molar-refractivity contribution >= 4 is 16.5 Å². The van der Waals surface area contributed by atoms with E-state index < -0.39 is 16.5 Å². The minimum atomic E-state index is -2.92. The second kappa shape index (κ2) is 8.14. The van der Waals surface area contributed by atoms with Crippen LogP contribution in [0.5, 0.6) is 0 Å². The maximum Gasteiger partial charge on any atom is 0.745 e. The van der Waals surface area contributed by atoms with Crippen molar-refractivity contribution in [2.75, 3.05) is 21.1 Å². The average molecular weight is 203 g/mol. The van der Waals surface area contributed by atoms with Crippen LogP contribution in [0.15, 0.2) is 0 Å². The van der Waals surface area contributed by atoms with Crippen LogP contribution in [0, 0.1) is 0 Å². The molecule has 2 N–H and O–H groups in total. The van der Waals surface area contributed by atoms with Crippen molar-refractivity contribution in [1.29, 1.82) is 0 Å². The molecular weight excluding hydrogens is 192 g/mol. The molecule has 0 aliphatic rings. The van der Waals surface area contributed by atoms with Crippen LogP contribution in [0.2, 0.25) is 0 Å². The average Bonchev–Trinajstić information content (AvgIpc) is 1.56. The fourth-order valence-corrected chi connectivity index (χ4v) is 0.538. The van der Waals surface area contributed by atoms with Crippen LogP contribution in [0.4, 0.5) is 0 Å². The van der Waals surface area contributed by atoms with Crippen LogP contribution < -0.4 is 0 Å². The van der Waals surface area contributed by atoms with Gasteiger partial charge >= 0.3 is 16.5 Å². The molecule has 2 atom stereocenters. The molecule has 0 radical (unpaired) electrons. The predicted molar refractivity (Wildman–Crippen MR) is 40.3 cm³/mol. The smallest absolute Gasteiger partial charge is 0.312 e. The van der Waals surface area contributed by atoms with E-state index in [0.717, 1.165) is 0 Å². The maximum atomic E-state index is 9.39. The first kappa shape index (κ1) is 13.6. The lowest BCUT2D eigenvalue weighted by atomic mass is 11.0. The number of hydrogen-bond donors (Lipinski definition) is 2. The van der Waals surface area contributed by atoms with Gasteiger partial charge in [-0.2, -0.15) is 0 Å². The summed E-state index contributed by atoms with van der Waals surface area (Å²) in [5, 5.41) is 0. The normalized spacial score (nSPS) is 11.8. The fraction of sp³-hybridized carbons (Fsp3) is 1.00. The molecule has 0 aliphatic heterocycles. The summed E-state index contributed by atoms with van der Waals surface area (Å²) in [5.41, 5.74) is 0. The Hall–Kier alpha value is 0.0400. The summed E-state index contributed by atoms with van der Waals surface area (Å²) in [4.78, 5) is 17.3. The Morgan fingerprint density at radius 3 is 1.27 bits per heavy atom. The summed E-state index contributed by atoms with van der Waals surface area (Å²) < 4.78 is 22.2. The molecule has 0 amide bonds. The molecule has 0 saturated carbocycles. The number of rotatable bonds is 2. The van der Waals surface area contributed by atoms with Gasteiger partial charge in [0, 0.05) is 9.13 Å². The van der Waals surface area contributed by atoms with Crippen molar-refractivity contribution in [2.45, 2.75) is 0 Å². The first-order valence-corrected chi connectivity index (χ1v) is 4.73. The summed E-state index contributed by atoms with van der Waals surface area (Å²) in [6.45, 7) is 0. The monoisotopic (exact) mass is 203 g/mol. The molecule has 0 rings (SSSR count). The van der Waals surface area contributed by atoms with Crippen molar-refractivity contribution in [2.24, 2.45) is 0 Å². The lowest BCUT2D eigenvalue weighted by Crippen LogP contribution is -1.99. The minimum absolute atomic E-state index is 2.00. The van der Waals surface area contributed by atoms with Gasteiger partial charge in [-0.15, -0.1) is 9.79 Å². The third-order valence-corrected chi connectivity index (χ3v) is 1.26. The third kappa shape index (κ3) is 39.8. The summed E-state index contributed by atoms with van der Waals surface area (Å²) in [6, 6.07) is 0. The molecule has 0 aromatic heterocycles. The van der Waals surface area contributed by atoms with Gasteiger partial charge in [-0.25, -0.2) is 0 Å². The molecule has 0 aromatic rings. The maximum absolute atomic E-state index is 9.39. The lowest BCUT2D eigenvalue weighted by molar-refractivity contribution is 0.371. The molecule has 0 fully saturated rings. The molecule has 6 nitrogen and oxygen atoms in total. The Kier molecular flexibility index (Phi) is 10.1. The van der Waals surface area contributed by atoms with Crippen LogP contribution in [0.3, 0.4) is 0 Å². The van der Waals surface area contributed by atoms with E-state index in [1.54, 1.807) is 0 Å². The third-order valence-electron chi connectivity index (χ3n) is 0.140. The van der Waals surface area contributed by atoms with Gasteiger partial charge in [-0.05, 0) is 21.1 Å². The largest absolute Gasteiger partial charge is 0.745 e. The molecule has 0 spiro atoms. The number of hydrogen-bond acceptors (Lipinski definition) is 4. The Balaban J connectivity index is 0. The van der Waals surface area contributed by atoms with Crippen LogP contribution in [-0.2, 0) is 13.4 Å². The van der Waals surface area contributed by atoms with Crippen LogP contribution in [-0.4, -0.2) is 35.8 Å². The molecule has 66 valence electrons. The highest BCUT2D eigenvalue weighted by Crippen LogP contribution is 2.30. The molecule has 0 aliphatic carbocycles. The second-order valence-electron chi connectivity index (χ2n) is 1.90. The Bertz CT molecular complexity index is 123. The van der Waals surface area contributed by atoms with Gasteiger partial charge in [-0.3, -0.25) is 0 Å². The standard InChI is InChI=1S/C3H9N.O5P2/c1-4(2)3;1-6(2)5-7(3)4/h1-3H3;/p+2. The SMILES string of the molecule is CN(C)C.O=[P+](O)O[P+](=O)O. The highest BCUT2D eigenvalue weighted by molar-refractivity contribution is 7.46. The van der Waals surface area contributed by atoms with Crippen molar-refractivity contribution in [1.82, 2.24) is 4.90 Å². The Morgan fingerprint density at radius 1 is 1.09 bits per heavy atom. The van der Waals surface area contributed by atoms with Crippen molar-refractivity contribution in [3.05, 3.63) is 0 Å². The lowest BCUT2D eigenvalue weighted by Gasteiger charge is -1.90. The summed E-state index contributed by atoms with van der Waals surface area (Å²) in [7, 11) is 0.153. The van der Waals surface area contributed by atoms with Crippen LogP contribution in [0.25, 0.3) is 0 Å². The van der Waals surface area contributed by atoms with Crippen molar-refractivity contribution in [3.8, 4) is 0 Å². The molecule has 8 heteroatoms. The van der Waals surface area contributed by atoms with E-state index >= 15 is 0 Å². The molecule has 0 aromatic carbocycles. The minimum Gasteiger partial charge on any atom is -0.312 e. The van der Waals surface area contributed by atoms with Crippen molar-refractivity contribution in [3.63, 3.8) is 0 Å². The van der Waals surface area contributed by atoms with Gasteiger partial charge in [0.2, 0.25) is 0 Å². The summed E-state index contributed by atoms with van der Waals surface area (Å²) >= 11 is 0. The Labute approximate surface area is 66.7 Å². The van der Waals surface area contributed by atoms with Crippen molar-refractivity contribution < 1.29 is 23.2 Å². The zero-order valence-electron chi connectivity index (χ0n) is 6.46. The van der Waals surface area contributed by atoms with E-state index in [-0.39, 0.29) is 0 Å². The van der Waals surface area contributed by atoms with Gasteiger partial charge < -0.3 is 4.90 Å². The fourth-order valence-electron chi connectivity index (χ4n) is 0.0598. The zero-order valence-corrected chi connectivity index (χ0v) is 8.25. The van der Waals surface area contributed by atoms with E-state index in [1.807, 2.05) is 26.0 Å². The van der Waals surface area contributed by atoms with E-state index in [1.165, 1.54) is 0 Å². The van der Waals surface area contributed by atoms with Gasteiger partial charge in [0.15, 0.2) is 4.31 Å². The summed E-state index contributed by atoms with van der Waals surface area (Å²) in [6.07, 6.45) is 0. The quantitative estimate of drug-likeness (QED) is 0.634. The first-order valence-electron chi connectivity index (χ1n) is 2.47. The van der Waals surface area contributed by atoms with Gasteiger partial charge in [0.05, 0.1) is 0 Å². The molecule has 0 heterocycles. The molecule has 2 unspecified atom stereocenters.